The fourth-order valence-electron chi connectivity index (χ4n) is 15.7. The minimum atomic E-state index is -1.87. The zero-order valence-electron chi connectivity index (χ0n) is 42.8. The van der Waals surface area contributed by atoms with E-state index in [0.717, 1.165) is 37.7 Å². The molecule has 0 amide bonds. The van der Waals surface area contributed by atoms with Crippen molar-refractivity contribution in [3.05, 3.63) is 23.8 Å². The number of fused-ring (bicyclic) bond motifs is 7. The van der Waals surface area contributed by atoms with Gasteiger partial charge in [-0.1, -0.05) is 58.4 Å². The minimum Gasteiger partial charge on any atom is -0.432 e. The van der Waals surface area contributed by atoms with Crippen molar-refractivity contribution in [2.45, 2.75) is 229 Å². The van der Waals surface area contributed by atoms with Gasteiger partial charge in [-0.25, -0.2) is 0 Å². The van der Waals surface area contributed by atoms with Crippen LogP contribution in [-0.4, -0.2) is 210 Å². The fourth-order valence-corrected chi connectivity index (χ4v) is 15.7. The summed E-state index contributed by atoms with van der Waals surface area (Å²) in [5.74, 6) is -0.327. The lowest BCUT2D eigenvalue weighted by Crippen LogP contribution is -2.66. The lowest BCUT2D eigenvalue weighted by Gasteiger charge is -2.71. The van der Waals surface area contributed by atoms with Crippen LogP contribution in [0.2, 0.25) is 0 Å². The number of hydrogen-bond donors (Lipinski definition) is 12. The van der Waals surface area contributed by atoms with E-state index in [1.807, 2.05) is 0 Å². The van der Waals surface area contributed by atoms with Crippen LogP contribution in [0.4, 0.5) is 0 Å². The molecule has 4 aliphatic heterocycles. The molecule has 0 aromatic carbocycles. The molecule has 12 N–H and O–H groups in total. The van der Waals surface area contributed by atoms with Crippen molar-refractivity contribution in [1.82, 2.24) is 0 Å². The van der Waals surface area contributed by atoms with E-state index >= 15 is 0 Å². The Kier molecular flexibility index (Phi) is 15.7. The number of aliphatic hydroxyl groups is 12. The molecule has 416 valence electrons. The first-order valence-corrected chi connectivity index (χ1v) is 26.4. The Labute approximate surface area is 426 Å². The monoisotopic (exact) mass is 1040 g/mol. The Bertz CT molecular complexity index is 2040. The average molecular weight is 1040 g/mol. The summed E-state index contributed by atoms with van der Waals surface area (Å²) in [6.07, 6.45) is -20.3. The van der Waals surface area contributed by atoms with Crippen LogP contribution >= 0.6 is 0 Å². The second kappa shape index (κ2) is 20.4. The van der Waals surface area contributed by atoms with Gasteiger partial charge in [0.1, 0.15) is 85.5 Å². The molecule has 4 saturated heterocycles. The number of carbonyl (C=O) groups is 1. The maximum Gasteiger partial charge on any atom is 0.315 e. The third-order valence-electron chi connectivity index (χ3n) is 20.4. The SMILES string of the molecule is C=C1CC[C@]2(C(=O)O[C@@H]3O[C@H](CO[C@@H]4O[C@H](CO)[C@@H](O[C@H]5O[C@H](C)[C@@H](O)[C@H](O)[C@@H]5O)[C@H](O)[C@H]4O)[C@@H](O)[C@H](O)[C@H]3O)CC[C@]3(C)C(=CC[C@@H]4[C@@]5(C)CC[C@H](O[C@H]6OC[C@@H](O)[C@@H](O)[C@@H]6O)C(C)(C)[C@@H]5CC[C@]43C)[C@@H]2C1. The minimum absolute atomic E-state index is 0.0874. The molecule has 21 nitrogen and oxygen atoms in total. The molecule has 0 spiro atoms. The second-order valence-corrected chi connectivity index (χ2v) is 24.4. The van der Waals surface area contributed by atoms with Gasteiger partial charge in [-0.05, 0) is 105 Å². The quantitative estimate of drug-likeness (QED) is 0.0721. The van der Waals surface area contributed by atoms with Crippen LogP contribution in [0.15, 0.2) is 23.8 Å². The van der Waals surface area contributed by atoms with E-state index in [1.165, 1.54) is 12.5 Å². The number of allylic oxidation sites excluding steroid dienone is 3. The highest BCUT2D eigenvalue weighted by molar-refractivity contribution is 5.79. The van der Waals surface area contributed by atoms with Crippen molar-refractivity contribution in [2.75, 3.05) is 19.8 Å². The Hall–Kier alpha value is -1.81. The van der Waals surface area contributed by atoms with E-state index < -0.39 is 141 Å². The van der Waals surface area contributed by atoms with Crippen LogP contribution in [0.5, 0.6) is 0 Å². The third-order valence-corrected chi connectivity index (χ3v) is 20.4. The molecule has 73 heavy (non-hydrogen) atoms. The predicted octanol–water partition coefficient (Wildman–Crippen LogP) is -0.839. The highest BCUT2D eigenvalue weighted by Gasteiger charge is 2.70. The Morgan fingerprint density at radius 2 is 1.34 bits per heavy atom. The highest BCUT2D eigenvalue weighted by atomic mass is 16.8. The molecule has 0 bridgehead atoms. The molecule has 27 atom stereocenters. The van der Waals surface area contributed by atoms with Crippen LogP contribution in [0, 0.1) is 44.8 Å². The summed E-state index contributed by atoms with van der Waals surface area (Å²) in [6, 6.07) is 0. The number of aliphatic hydroxyl groups excluding tert-OH is 12. The number of rotatable bonds is 10. The van der Waals surface area contributed by atoms with Crippen molar-refractivity contribution < 1.29 is 104 Å². The van der Waals surface area contributed by atoms with E-state index in [1.54, 1.807) is 0 Å². The summed E-state index contributed by atoms with van der Waals surface area (Å²) in [7, 11) is 0. The first kappa shape index (κ1) is 55.9. The van der Waals surface area contributed by atoms with Gasteiger partial charge < -0.3 is 99.2 Å². The largest absolute Gasteiger partial charge is 0.432 e. The first-order chi connectivity index (χ1) is 34.2. The molecular weight excluding hydrogens is 961 g/mol. The topological polar surface area (TPSA) is 334 Å². The van der Waals surface area contributed by atoms with E-state index in [9.17, 15) is 66.1 Å². The molecule has 9 aliphatic rings. The van der Waals surface area contributed by atoms with E-state index in [2.05, 4.69) is 47.3 Å². The third kappa shape index (κ3) is 9.12. The second-order valence-electron chi connectivity index (χ2n) is 24.4. The van der Waals surface area contributed by atoms with Gasteiger partial charge in [-0.15, -0.1) is 0 Å². The molecule has 8 fully saturated rings. The van der Waals surface area contributed by atoms with Gasteiger partial charge in [0, 0.05) is 5.92 Å². The molecule has 4 saturated carbocycles. The fraction of sp³-hybridized carbons (Fsp3) is 0.904. The van der Waals surface area contributed by atoms with Crippen molar-refractivity contribution >= 4 is 5.97 Å². The molecule has 21 heteroatoms. The van der Waals surface area contributed by atoms with Crippen LogP contribution < -0.4 is 0 Å². The van der Waals surface area contributed by atoms with E-state index in [4.69, 9.17) is 37.9 Å². The lowest BCUT2D eigenvalue weighted by atomic mass is 9.34. The molecular formula is C52H82O21. The summed E-state index contributed by atoms with van der Waals surface area (Å²) in [5.41, 5.74) is 0.339. The van der Waals surface area contributed by atoms with Crippen molar-refractivity contribution in [1.29, 1.82) is 0 Å². The van der Waals surface area contributed by atoms with E-state index in [0.29, 0.717) is 32.1 Å². The summed E-state index contributed by atoms with van der Waals surface area (Å²) in [4.78, 5) is 15.0. The van der Waals surface area contributed by atoms with Crippen molar-refractivity contribution in [3.8, 4) is 0 Å². The summed E-state index contributed by atoms with van der Waals surface area (Å²) in [5, 5.41) is 128. The van der Waals surface area contributed by atoms with Crippen LogP contribution in [0.1, 0.15) is 106 Å². The van der Waals surface area contributed by atoms with Crippen molar-refractivity contribution in [3.63, 3.8) is 0 Å². The summed E-state index contributed by atoms with van der Waals surface area (Å²) < 4.78 is 46.9. The zero-order valence-corrected chi connectivity index (χ0v) is 42.8. The smallest absolute Gasteiger partial charge is 0.315 e. The van der Waals surface area contributed by atoms with Crippen LogP contribution in [0.3, 0.4) is 0 Å². The number of carbonyl (C=O) groups excluding carboxylic acids is 1. The maximum atomic E-state index is 15.0. The van der Waals surface area contributed by atoms with Gasteiger partial charge in [0.05, 0.1) is 37.4 Å². The van der Waals surface area contributed by atoms with Gasteiger partial charge in [-0.3, -0.25) is 4.79 Å². The summed E-state index contributed by atoms with van der Waals surface area (Å²) in [6.45, 7) is 15.9. The van der Waals surface area contributed by atoms with Gasteiger partial charge in [0.25, 0.3) is 0 Å². The Balaban J connectivity index is 0.880. The number of esters is 1. The van der Waals surface area contributed by atoms with Gasteiger partial charge in [0.2, 0.25) is 6.29 Å². The van der Waals surface area contributed by atoms with Crippen molar-refractivity contribution in [2.24, 2.45) is 44.8 Å². The standard InChI is InChI=1S/C52H82O21/c1-22-10-15-52(47(65)73-46-40(63)36(59)34(57)28(70-46)21-67-43-41(64)37(60)42(27(19-53)69-43)72-45-39(62)35(58)32(55)23(2)68-45)17-16-50(6)24(25(52)18-22)8-9-30-49(5)13-12-31(48(3,4)29(49)11-14-51(30,50)7)71-44-38(61)33(56)26(54)20-66-44/h8,23,25-46,53-64H,1,9-21H2,2-7H3/t23-,25+,26-,27-,28-,29+,30-,31+,32-,33-,34-,35+,36+,37-,38+,39+,40-,41-,42-,43-,44-,45-,46+,49+,50-,51-,52+/m1/s1. The van der Waals surface area contributed by atoms with E-state index in [-0.39, 0.29) is 52.1 Å². The van der Waals surface area contributed by atoms with Gasteiger partial charge in [-0.2, -0.15) is 0 Å². The molecule has 4 heterocycles. The first-order valence-electron chi connectivity index (χ1n) is 26.4. The van der Waals surface area contributed by atoms with Gasteiger partial charge >= 0.3 is 5.97 Å². The normalized spacial score (nSPS) is 54.0. The van der Waals surface area contributed by atoms with Gasteiger partial charge in [0.15, 0.2) is 18.9 Å². The number of ether oxygens (including phenoxy) is 8. The zero-order chi connectivity index (χ0) is 53.1. The lowest BCUT2D eigenvalue weighted by molar-refractivity contribution is -0.361. The molecule has 0 unspecified atom stereocenters. The average Bonchev–Trinajstić information content (AvgIpc) is 3.35. The van der Waals surface area contributed by atoms with Crippen LogP contribution in [0.25, 0.3) is 0 Å². The predicted molar refractivity (Wildman–Crippen MR) is 251 cm³/mol. The number of hydrogen-bond acceptors (Lipinski definition) is 21. The Morgan fingerprint density at radius 3 is 2.05 bits per heavy atom. The molecule has 0 aromatic rings. The molecule has 0 radical (unpaired) electrons. The maximum absolute atomic E-state index is 15.0. The molecule has 0 aromatic heterocycles. The summed E-state index contributed by atoms with van der Waals surface area (Å²) >= 11 is 0. The molecule has 9 rings (SSSR count). The Morgan fingerprint density at radius 1 is 0.685 bits per heavy atom. The highest BCUT2D eigenvalue weighted by Crippen LogP contribution is 2.75. The molecule has 5 aliphatic carbocycles. The van der Waals surface area contributed by atoms with Crippen LogP contribution in [-0.2, 0) is 42.7 Å².